The van der Waals surface area contributed by atoms with Gasteiger partial charge in [-0.15, -0.1) is 0 Å². The maximum atomic E-state index is 5.61. The highest BCUT2D eigenvalue weighted by molar-refractivity contribution is 5.56. The lowest BCUT2D eigenvalue weighted by atomic mass is 10.1. The molecule has 0 saturated carbocycles. The summed E-state index contributed by atoms with van der Waals surface area (Å²) in [5.74, 6) is 25.7. The van der Waals surface area contributed by atoms with Crippen LogP contribution in [-0.4, -0.2) is 66.1 Å². The normalized spacial score (nSPS) is 21.6. The molecule has 0 atom stereocenters. The molecular weight excluding hydrogens is 416 g/mol. The highest BCUT2D eigenvalue weighted by Gasteiger charge is 2.16. The van der Waals surface area contributed by atoms with Crippen molar-refractivity contribution < 1.29 is 23.7 Å². The molecule has 33 heavy (non-hydrogen) atoms. The molecule has 0 spiro atoms. The second-order valence-electron chi connectivity index (χ2n) is 7.84. The summed E-state index contributed by atoms with van der Waals surface area (Å²) < 4.78 is 27.3. The van der Waals surface area contributed by atoms with E-state index in [1.54, 1.807) is 0 Å². The summed E-state index contributed by atoms with van der Waals surface area (Å²) in [4.78, 5) is 0. The van der Waals surface area contributed by atoms with E-state index in [9.17, 15) is 0 Å². The van der Waals surface area contributed by atoms with E-state index in [4.69, 9.17) is 23.7 Å². The van der Waals surface area contributed by atoms with E-state index in [-0.39, 0.29) is 0 Å². The van der Waals surface area contributed by atoms with Crippen LogP contribution >= 0.6 is 0 Å². The fourth-order valence-corrected chi connectivity index (χ4v) is 3.52. The van der Waals surface area contributed by atoms with Gasteiger partial charge in [0.1, 0.15) is 0 Å². The van der Waals surface area contributed by atoms with E-state index in [0.717, 1.165) is 44.6 Å². The van der Waals surface area contributed by atoms with Crippen LogP contribution in [0, 0.1) is 47.4 Å². The Morgan fingerprint density at radius 3 is 0.939 bits per heavy atom. The topological polar surface area (TPSA) is 46.2 Å². The zero-order valence-corrected chi connectivity index (χ0v) is 18.3. The van der Waals surface area contributed by atoms with Gasteiger partial charge in [-0.1, -0.05) is 47.4 Å². The van der Waals surface area contributed by atoms with Crippen molar-refractivity contribution >= 4 is 0 Å². The van der Waals surface area contributed by atoms with Crippen LogP contribution in [0.5, 0.6) is 0 Å². The molecule has 0 saturated heterocycles. The third-order valence-corrected chi connectivity index (χ3v) is 5.46. The van der Waals surface area contributed by atoms with Gasteiger partial charge in [0, 0.05) is 44.6 Å². The summed E-state index contributed by atoms with van der Waals surface area (Å²) in [5, 5.41) is 0. The third kappa shape index (κ3) is 5.57. The summed E-state index contributed by atoms with van der Waals surface area (Å²) in [6.07, 6.45) is 4.01. The third-order valence-electron chi connectivity index (χ3n) is 5.46. The van der Waals surface area contributed by atoms with Crippen molar-refractivity contribution in [3.05, 3.63) is 56.7 Å². The second-order valence-corrected chi connectivity index (χ2v) is 7.84. The van der Waals surface area contributed by atoms with Crippen molar-refractivity contribution in [1.82, 2.24) is 0 Å². The monoisotopic (exact) mass is 438 g/mol. The minimum atomic E-state index is 0.465. The molecule has 0 aromatic heterocycles. The highest BCUT2D eigenvalue weighted by atomic mass is 16.5. The van der Waals surface area contributed by atoms with Crippen LogP contribution < -0.4 is 0 Å². The first-order valence-corrected chi connectivity index (χ1v) is 10.9. The van der Waals surface area contributed by atoms with Crippen molar-refractivity contribution in [2.45, 2.75) is 0 Å². The summed E-state index contributed by atoms with van der Waals surface area (Å²) in [6.45, 7) is 5.31. The lowest BCUT2D eigenvalue weighted by Gasteiger charge is -1.92. The maximum Gasteiger partial charge on any atom is 0.0810 e. The molecule has 5 heteroatoms. The Balaban J connectivity index is 1.34. The molecule has 0 bridgehead atoms. The first-order valence-electron chi connectivity index (χ1n) is 10.9. The van der Waals surface area contributed by atoms with Crippen molar-refractivity contribution in [3.8, 4) is 47.4 Å². The van der Waals surface area contributed by atoms with E-state index < -0.39 is 0 Å². The highest BCUT2D eigenvalue weighted by Crippen LogP contribution is 2.18. The lowest BCUT2D eigenvalue weighted by Crippen LogP contribution is -1.89. The van der Waals surface area contributed by atoms with Crippen molar-refractivity contribution in [1.29, 1.82) is 0 Å². The van der Waals surface area contributed by atoms with Gasteiger partial charge in [-0.3, -0.25) is 0 Å². The lowest BCUT2D eigenvalue weighted by molar-refractivity contribution is 0.207. The molecule has 0 aliphatic carbocycles. The van der Waals surface area contributed by atoms with Gasteiger partial charge in [0.25, 0.3) is 0 Å². The molecule has 5 aliphatic rings. The van der Waals surface area contributed by atoms with Crippen LogP contribution in [0.2, 0.25) is 0 Å². The molecular formula is C28H22O5. The smallest absolute Gasteiger partial charge is 0.0810 e. The average Bonchev–Trinajstić information content (AvgIpc) is 3.66. The summed E-state index contributed by atoms with van der Waals surface area (Å²) in [6, 6.07) is 0. The van der Waals surface area contributed by atoms with Crippen molar-refractivity contribution in [3.63, 3.8) is 0 Å². The molecule has 5 nitrogen and oxygen atoms in total. The number of rotatable bonds is 0. The molecule has 0 aromatic rings. The maximum absolute atomic E-state index is 5.61. The summed E-state index contributed by atoms with van der Waals surface area (Å²) in [7, 11) is 0. The molecule has 5 aliphatic heterocycles. The molecule has 0 radical (unpaired) electrons. The first-order chi connectivity index (χ1) is 16.3. The van der Waals surface area contributed by atoms with Gasteiger partial charge < -0.3 is 23.7 Å². The SMILES string of the molecule is C(#CC1=C(C#CC2=C(C#CC3=C(C#CC4=CCOC4)COC3)COC2)COC1)C1=CCOC1. The van der Waals surface area contributed by atoms with Crippen LogP contribution in [-0.2, 0) is 23.7 Å². The molecule has 0 fully saturated rings. The quantitative estimate of drug-likeness (QED) is 0.541. The Hall–Kier alpha value is -3.26. The molecule has 5 rings (SSSR count). The Morgan fingerprint density at radius 1 is 0.364 bits per heavy atom. The Bertz CT molecular complexity index is 1160. The predicted molar refractivity (Wildman–Crippen MR) is 122 cm³/mol. The average molecular weight is 438 g/mol. The molecule has 0 aromatic carbocycles. The largest absolute Gasteiger partial charge is 0.372 e. The Morgan fingerprint density at radius 2 is 0.667 bits per heavy atom. The van der Waals surface area contributed by atoms with Crippen LogP contribution in [0.25, 0.3) is 0 Å². The van der Waals surface area contributed by atoms with Gasteiger partial charge in [0.2, 0.25) is 0 Å². The number of hydrogen-bond donors (Lipinski definition) is 0. The zero-order valence-electron chi connectivity index (χ0n) is 18.3. The molecule has 164 valence electrons. The summed E-state index contributed by atoms with van der Waals surface area (Å²) >= 11 is 0. The van der Waals surface area contributed by atoms with Crippen LogP contribution in [0.15, 0.2) is 56.7 Å². The van der Waals surface area contributed by atoms with E-state index in [1.165, 1.54) is 0 Å². The minimum Gasteiger partial charge on any atom is -0.372 e. The summed E-state index contributed by atoms with van der Waals surface area (Å²) in [5.41, 5.74) is 7.53. The molecule has 0 amide bonds. The van der Waals surface area contributed by atoms with Gasteiger partial charge >= 0.3 is 0 Å². The Labute approximate surface area is 194 Å². The number of hydrogen-bond acceptors (Lipinski definition) is 5. The van der Waals surface area contributed by atoms with Crippen LogP contribution in [0.1, 0.15) is 0 Å². The van der Waals surface area contributed by atoms with Crippen LogP contribution in [0.4, 0.5) is 0 Å². The van der Waals surface area contributed by atoms with Crippen molar-refractivity contribution in [2.75, 3.05) is 66.1 Å². The molecule has 0 N–H and O–H groups in total. The fraction of sp³-hybridized carbons (Fsp3) is 0.357. The fourth-order valence-electron chi connectivity index (χ4n) is 3.52. The van der Waals surface area contributed by atoms with E-state index in [1.807, 2.05) is 12.2 Å². The van der Waals surface area contributed by atoms with E-state index in [0.29, 0.717) is 66.1 Å². The predicted octanol–water partition coefficient (Wildman–Crippen LogP) is 1.89. The first kappa shape index (κ1) is 21.6. The van der Waals surface area contributed by atoms with Crippen molar-refractivity contribution in [2.24, 2.45) is 0 Å². The Kier molecular flexibility index (Phi) is 6.91. The van der Waals surface area contributed by atoms with Crippen LogP contribution in [0.3, 0.4) is 0 Å². The zero-order chi connectivity index (χ0) is 22.3. The van der Waals surface area contributed by atoms with Gasteiger partial charge in [-0.25, -0.2) is 0 Å². The minimum absolute atomic E-state index is 0.465. The standard InChI is InChI=1S/C28H22O5/c1(21-9-11-29-13-21)3-23-15-31-17-25(23)5-7-27-19-33-20-28(27)8-6-26-18-32-16-24(26)4-2-22-10-12-30-14-22/h9-10H,11-20H2. The van der Waals surface area contributed by atoms with Gasteiger partial charge in [-0.2, -0.15) is 0 Å². The van der Waals surface area contributed by atoms with E-state index >= 15 is 0 Å². The second kappa shape index (κ2) is 10.6. The van der Waals surface area contributed by atoms with Gasteiger partial charge in [0.15, 0.2) is 0 Å². The molecule has 5 heterocycles. The van der Waals surface area contributed by atoms with Gasteiger partial charge in [-0.05, 0) is 12.2 Å². The van der Waals surface area contributed by atoms with Gasteiger partial charge in [0.05, 0.1) is 66.1 Å². The number of ether oxygens (including phenoxy) is 5. The molecule has 0 unspecified atom stereocenters. The van der Waals surface area contributed by atoms with E-state index in [2.05, 4.69) is 47.4 Å².